The maximum absolute atomic E-state index is 9.15. The Hall–Kier alpha value is 0.137. The van der Waals surface area contributed by atoms with E-state index in [-0.39, 0.29) is 0 Å². The topological polar surface area (TPSA) is 29.5 Å². The highest BCUT2D eigenvalue weighted by atomic mass is 28.4. The zero-order valence-electron chi connectivity index (χ0n) is 15.2. The Morgan fingerprint density at radius 3 is 1.95 bits per heavy atom. The van der Waals surface area contributed by atoms with Gasteiger partial charge in [0, 0.05) is 12.7 Å². The van der Waals surface area contributed by atoms with Gasteiger partial charge in [-0.1, -0.05) is 54.4 Å². The minimum absolute atomic E-state index is 0.324. The second kappa shape index (κ2) is 8.69. The molecule has 1 aliphatic carbocycles. The largest absolute Gasteiger partial charge is 0.413 e. The molecule has 1 rings (SSSR count). The Kier molecular flexibility index (Phi) is 7.94. The van der Waals surface area contributed by atoms with Crippen LogP contribution in [0.2, 0.25) is 16.6 Å². The lowest BCUT2D eigenvalue weighted by Crippen LogP contribution is -2.52. The smallest absolute Gasteiger partial charge is 0.200 e. The van der Waals surface area contributed by atoms with Crippen LogP contribution in [0.25, 0.3) is 0 Å². The highest BCUT2D eigenvalue weighted by molar-refractivity contribution is 6.77. The summed E-state index contributed by atoms with van der Waals surface area (Å²) in [4.78, 5) is 0. The van der Waals surface area contributed by atoms with Crippen molar-refractivity contribution in [2.45, 2.75) is 103 Å². The fraction of sp³-hybridized carbons (Fsp3) is 1.00. The van der Waals surface area contributed by atoms with Crippen molar-refractivity contribution in [1.82, 2.24) is 0 Å². The molecule has 0 amide bonds. The number of hydrogen-bond donors (Lipinski definition) is 1. The van der Waals surface area contributed by atoms with Crippen molar-refractivity contribution >= 4 is 8.32 Å². The van der Waals surface area contributed by atoms with Crippen LogP contribution in [0, 0.1) is 5.92 Å². The molecule has 0 radical (unpaired) electrons. The van der Waals surface area contributed by atoms with E-state index in [2.05, 4.69) is 41.5 Å². The zero-order chi connectivity index (χ0) is 16.0. The molecule has 126 valence electrons. The van der Waals surface area contributed by atoms with E-state index in [0.717, 1.165) is 12.8 Å². The van der Waals surface area contributed by atoms with Gasteiger partial charge in [-0.25, -0.2) is 0 Å². The Morgan fingerprint density at radius 1 is 0.952 bits per heavy atom. The van der Waals surface area contributed by atoms with Gasteiger partial charge in [-0.15, -0.1) is 0 Å². The van der Waals surface area contributed by atoms with E-state index in [9.17, 15) is 0 Å². The first-order valence-corrected chi connectivity index (χ1v) is 11.3. The predicted molar refractivity (Wildman–Crippen MR) is 94.2 cm³/mol. The molecule has 1 aliphatic rings. The fourth-order valence-corrected chi connectivity index (χ4v) is 10.3. The van der Waals surface area contributed by atoms with E-state index in [1.165, 1.54) is 25.7 Å². The fourth-order valence-electron chi connectivity index (χ4n) is 4.68. The summed E-state index contributed by atoms with van der Waals surface area (Å²) in [5, 5.41) is 9.15. The van der Waals surface area contributed by atoms with Crippen LogP contribution in [0.3, 0.4) is 0 Å². The average Bonchev–Trinajstić information content (AvgIpc) is 2.42. The molecular formula is C18H38O2Si. The molecule has 0 aromatic carbocycles. The molecular weight excluding hydrogens is 276 g/mol. The maximum atomic E-state index is 9.15. The van der Waals surface area contributed by atoms with E-state index < -0.39 is 8.32 Å². The molecule has 2 unspecified atom stereocenters. The summed E-state index contributed by atoms with van der Waals surface area (Å²) in [5.74, 6) is 0.675. The molecule has 2 atom stereocenters. The zero-order valence-corrected chi connectivity index (χ0v) is 16.2. The van der Waals surface area contributed by atoms with Crippen LogP contribution in [0.4, 0.5) is 0 Å². The van der Waals surface area contributed by atoms with Crippen LogP contribution in [-0.2, 0) is 4.43 Å². The molecule has 3 heteroatoms. The summed E-state index contributed by atoms with van der Waals surface area (Å²) in [6, 6.07) is 0. The van der Waals surface area contributed by atoms with Crippen molar-refractivity contribution in [2.75, 3.05) is 6.61 Å². The van der Waals surface area contributed by atoms with Crippen LogP contribution < -0.4 is 0 Å². The Morgan fingerprint density at radius 2 is 1.48 bits per heavy atom. The van der Waals surface area contributed by atoms with Crippen molar-refractivity contribution in [3.8, 4) is 0 Å². The van der Waals surface area contributed by atoms with Crippen molar-refractivity contribution in [2.24, 2.45) is 5.92 Å². The van der Waals surface area contributed by atoms with Crippen molar-refractivity contribution in [3.63, 3.8) is 0 Å². The summed E-state index contributed by atoms with van der Waals surface area (Å²) >= 11 is 0. The molecule has 0 bridgehead atoms. The lowest BCUT2D eigenvalue weighted by molar-refractivity contribution is 0.0665. The third-order valence-electron chi connectivity index (χ3n) is 5.63. The summed E-state index contributed by atoms with van der Waals surface area (Å²) in [5.41, 5.74) is 1.99. The van der Waals surface area contributed by atoms with Gasteiger partial charge in [-0.05, 0) is 48.2 Å². The second-order valence-corrected chi connectivity index (χ2v) is 13.3. The van der Waals surface area contributed by atoms with Gasteiger partial charge >= 0.3 is 0 Å². The highest BCUT2D eigenvalue weighted by Crippen LogP contribution is 2.45. The van der Waals surface area contributed by atoms with Crippen LogP contribution in [0.1, 0.15) is 80.1 Å². The van der Waals surface area contributed by atoms with Gasteiger partial charge in [-0.3, -0.25) is 0 Å². The lowest BCUT2D eigenvalue weighted by Gasteiger charge is -2.47. The summed E-state index contributed by atoms with van der Waals surface area (Å²) in [6.45, 7) is 14.6. The van der Waals surface area contributed by atoms with Crippen LogP contribution in [0.5, 0.6) is 0 Å². The standard InChI is InChI=1S/C18H38O2Si/c1-14(2)21(15(3)4,16(5)6)20-18-12-8-7-10-17(18)11-9-13-19/h14-19H,7-13H2,1-6H3. The van der Waals surface area contributed by atoms with Gasteiger partial charge in [0.05, 0.1) is 0 Å². The van der Waals surface area contributed by atoms with Gasteiger partial charge in [-0.2, -0.15) is 0 Å². The molecule has 0 aromatic heterocycles. The first-order chi connectivity index (χ1) is 9.86. The van der Waals surface area contributed by atoms with E-state index >= 15 is 0 Å². The number of aliphatic hydroxyl groups is 1. The molecule has 0 spiro atoms. The first-order valence-electron chi connectivity index (χ1n) is 9.14. The lowest BCUT2D eigenvalue weighted by atomic mass is 9.84. The molecule has 1 fully saturated rings. The Balaban J connectivity index is 2.89. The van der Waals surface area contributed by atoms with Crippen molar-refractivity contribution in [1.29, 1.82) is 0 Å². The SMILES string of the molecule is CC(C)[Si](OC1CCCCC1CCCO)(C(C)C)C(C)C. The molecule has 21 heavy (non-hydrogen) atoms. The van der Waals surface area contributed by atoms with Gasteiger partial charge in [0.15, 0.2) is 0 Å². The minimum Gasteiger partial charge on any atom is -0.413 e. The van der Waals surface area contributed by atoms with Gasteiger partial charge in [0.2, 0.25) is 8.32 Å². The quantitative estimate of drug-likeness (QED) is 0.599. The number of rotatable bonds is 8. The third-order valence-corrected chi connectivity index (χ3v) is 11.8. The molecule has 1 saturated carbocycles. The van der Waals surface area contributed by atoms with E-state index in [1.807, 2.05) is 0 Å². The normalized spacial score (nSPS) is 24.3. The highest BCUT2D eigenvalue weighted by Gasteiger charge is 2.47. The van der Waals surface area contributed by atoms with Gasteiger partial charge < -0.3 is 9.53 Å². The van der Waals surface area contributed by atoms with E-state index in [4.69, 9.17) is 9.53 Å². The van der Waals surface area contributed by atoms with Crippen LogP contribution in [-0.4, -0.2) is 26.1 Å². The molecule has 0 heterocycles. The molecule has 0 aliphatic heterocycles. The molecule has 0 saturated heterocycles. The predicted octanol–water partition coefficient (Wildman–Crippen LogP) is 5.51. The molecule has 2 nitrogen and oxygen atoms in total. The number of aliphatic hydroxyl groups excluding tert-OH is 1. The van der Waals surface area contributed by atoms with Crippen LogP contribution >= 0.6 is 0 Å². The average molecular weight is 315 g/mol. The van der Waals surface area contributed by atoms with Gasteiger partial charge in [0.1, 0.15) is 0 Å². The maximum Gasteiger partial charge on any atom is 0.200 e. The van der Waals surface area contributed by atoms with E-state index in [0.29, 0.717) is 35.3 Å². The van der Waals surface area contributed by atoms with Crippen molar-refractivity contribution in [3.05, 3.63) is 0 Å². The first kappa shape index (κ1) is 19.2. The van der Waals surface area contributed by atoms with Gasteiger partial charge in [0.25, 0.3) is 0 Å². The third kappa shape index (κ3) is 4.55. The summed E-state index contributed by atoms with van der Waals surface area (Å²) < 4.78 is 7.03. The summed E-state index contributed by atoms with van der Waals surface area (Å²) in [6.07, 6.45) is 7.71. The Bertz CT molecular complexity index is 267. The minimum atomic E-state index is -1.76. The number of hydrogen-bond acceptors (Lipinski definition) is 2. The van der Waals surface area contributed by atoms with Crippen LogP contribution in [0.15, 0.2) is 0 Å². The monoisotopic (exact) mass is 314 g/mol. The molecule has 0 aromatic rings. The Labute approximate surface area is 133 Å². The van der Waals surface area contributed by atoms with E-state index in [1.54, 1.807) is 0 Å². The molecule has 1 N–H and O–H groups in total. The summed E-state index contributed by atoms with van der Waals surface area (Å²) in [7, 11) is -1.76. The second-order valence-electron chi connectivity index (χ2n) is 7.88. The van der Waals surface area contributed by atoms with Crippen molar-refractivity contribution < 1.29 is 9.53 Å².